The van der Waals surface area contributed by atoms with Crippen LogP contribution >= 0.6 is 0 Å². The molecule has 0 saturated carbocycles. The maximum atomic E-state index is 12.6. The number of hydrogen-bond donors (Lipinski definition) is 1. The van der Waals surface area contributed by atoms with Crippen LogP contribution in [0.4, 0.5) is 11.4 Å². The molecule has 1 fully saturated rings. The largest absolute Gasteiger partial charge is 0.363 e. The average molecular weight is 368 g/mol. The van der Waals surface area contributed by atoms with E-state index in [9.17, 15) is 14.9 Å². The van der Waals surface area contributed by atoms with Crippen LogP contribution in [0.3, 0.4) is 0 Å². The number of nitrogens with one attached hydrogen (secondary N) is 1. The number of carbonyl (C=O) groups excluding carboxylic acids is 1. The van der Waals surface area contributed by atoms with Crippen molar-refractivity contribution in [2.75, 3.05) is 38.1 Å². The lowest BCUT2D eigenvalue weighted by Crippen LogP contribution is -2.44. The lowest BCUT2D eigenvalue weighted by Gasteiger charge is -2.33. The third kappa shape index (κ3) is 4.43. The minimum Gasteiger partial charge on any atom is -0.363 e. The molecule has 0 bridgehead atoms. The van der Waals surface area contributed by atoms with Crippen LogP contribution in [0.25, 0.3) is 0 Å². The van der Waals surface area contributed by atoms with E-state index in [4.69, 9.17) is 0 Å². The van der Waals surface area contributed by atoms with E-state index in [2.05, 4.69) is 10.2 Å². The predicted molar refractivity (Wildman–Crippen MR) is 105 cm³/mol. The maximum Gasteiger partial charge on any atom is 0.293 e. The second-order valence-electron chi connectivity index (χ2n) is 6.86. The summed E-state index contributed by atoms with van der Waals surface area (Å²) in [6.07, 6.45) is 0. The number of carbonyl (C=O) groups is 1. The van der Waals surface area contributed by atoms with Gasteiger partial charge in [-0.15, -0.1) is 0 Å². The Morgan fingerprint density at radius 3 is 2.41 bits per heavy atom. The molecule has 1 atom stereocenters. The number of amides is 1. The number of hydrogen-bond acceptors (Lipinski definition) is 5. The maximum absolute atomic E-state index is 12.6. The standard InChI is InChI=1S/C20H24N4O3/c1-15(16-6-4-3-5-7-16)21-20(25)17-8-9-18(19(14-17)24(26)27)23-12-10-22(2)11-13-23/h3-9,14-15H,10-13H2,1-2H3,(H,21,25)/t15-/m0/s1. The van der Waals surface area contributed by atoms with Gasteiger partial charge in [-0.2, -0.15) is 0 Å². The molecule has 1 aliphatic rings. The molecule has 1 heterocycles. The Morgan fingerprint density at radius 2 is 1.78 bits per heavy atom. The molecule has 0 radical (unpaired) electrons. The number of piperazine rings is 1. The molecule has 0 aliphatic carbocycles. The van der Waals surface area contributed by atoms with Gasteiger partial charge in [0.25, 0.3) is 11.6 Å². The molecule has 2 aromatic carbocycles. The van der Waals surface area contributed by atoms with Gasteiger partial charge in [-0.3, -0.25) is 14.9 Å². The molecule has 7 heteroatoms. The summed E-state index contributed by atoms with van der Waals surface area (Å²) in [6, 6.07) is 14.1. The summed E-state index contributed by atoms with van der Waals surface area (Å²) in [4.78, 5) is 27.9. The first-order valence-corrected chi connectivity index (χ1v) is 9.03. The first kappa shape index (κ1) is 18.8. The van der Waals surface area contributed by atoms with E-state index < -0.39 is 4.92 Å². The van der Waals surface area contributed by atoms with E-state index in [0.717, 1.165) is 31.7 Å². The van der Waals surface area contributed by atoms with Gasteiger partial charge >= 0.3 is 0 Å². The Morgan fingerprint density at radius 1 is 1.11 bits per heavy atom. The lowest BCUT2D eigenvalue weighted by molar-refractivity contribution is -0.384. The zero-order valence-corrected chi connectivity index (χ0v) is 15.6. The van der Waals surface area contributed by atoms with Gasteiger partial charge in [-0.05, 0) is 31.7 Å². The smallest absolute Gasteiger partial charge is 0.293 e. The first-order valence-electron chi connectivity index (χ1n) is 9.03. The van der Waals surface area contributed by atoms with Gasteiger partial charge in [0.05, 0.1) is 11.0 Å². The number of nitro groups is 1. The molecule has 2 aromatic rings. The molecular formula is C20H24N4O3. The van der Waals surface area contributed by atoms with E-state index in [1.165, 1.54) is 6.07 Å². The van der Waals surface area contributed by atoms with Crippen LogP contribution in [-0.2, 0) is 0 Å². The van der Waals surface area contributed by atoms with Crippen LogP contribution in [0.1, 0.15) is 28.9 Å². The Kier molecular flexibility index (Phi) is 5.71. The van der Waals surface area contributed by atoms with Gasteiger partial charge in [0.15, 0.2) is 0 Å². The van der Waals surface area contributed by atoms with Gasteiger partial charge in [0, 0.05) is 37.8 Å². The molecule has 1 aliphatic heterocycles. The van der Waals surface area contributed by atoms with E-state index in [-0.39, 0.29) is 17.6 Å². The fourth-order valence-corrected chi connectivity index (χ4v) is 3.23. The number of rotatable bonds is 5. The van der Waals surface area contributed by atoms with Gasteiger partial charge in [0.2, 0.25) is 0 Å². The van der Waals surface area contributed by atoms with E-state index in [1.54, 1.807) is 12.1 Å². The molecule has 1 amide bonds. The van der Waals surface area contributed by atoms with Crippen LogP contribution in [0.5, 0.6) is 0 Å². The lowest BCUT2D eigenvalue weighted by atomic mass is 10.1. The van der Waals surface area contributed by atoms with Crippen LogP contribution in [-0.4, -0.2) is 49.0 Å². The number of nitrogens with zero attached hydrogens (tertiary/aromatic N) is 3. The highest BCUT2D eigenvalue weighted by Gasteiger charge is 2.24. The molecule has 7 nitrogen and oxygen atoms in total. The zero-order valence-electron chi connectivity index (χ0n) is 15.6. The first-order chi connectivity index (χ1) is 13.0. The predicted octanol–water partition coefficient (Wildman–Crippen LogP) is 2.84. The summed E-state index contributed by atoms with van der Waals surface area (Å²) in [5.41, 5.74) is 1.82. The molecular weight excluding hydrogens is 344 g/mol. The van der Waals surface area contributed by atoms with Crippen molar-refractivity contribution < 1.29 is 9.72 Å². The average Bonchev–Trinajstić information content (AvgIpc) is 2.68. The van der Waals surface area contributed by atoms with Gasteiger partial charge < -0.3 is 15.1 Å². The van der Waals surface area contributed by atoms with Crippen LogP contribution in [0, 0.1) is 10.1 Å². The summed E-state index contributed by atoms with van der Waals surface area (Å²) in [5, 5.41) is 14.5. The molecule has 3 rings (SSSR count). The van der Waals surface area contributed by atoms with E-state index >= 15 is 0 Å². The summed E-state index contributed by atoms with van der Waals surface area (Å²) in [5.74, 6) is -0.320. The molecule has 0 aromatic heterocycles. The van der Waals surface area contributed by atoms with Crippen molar-refractivity contribution in [2.45, 2.75) is 13.0 Å². The number of benzene rings is 2. The van der Waals surface area contributed by atoms with Crippen molar-refractivity contribution in [3.63, 3.8) is 0 Å². The van der Waals surface area contributed by atoms with Crippen molar-refractivity contribution >= 4 is 17.3 Å². The Hall–Kier alpha value is -2.93. The Labute approximate surface area is 158 Å². The fourth-order valence-electron chi connectivity index (χ4n) is 3.23. The fraction of sp³-hybridized carbons (Fsp3) is 0.350. The van der Waals surface area contributed by atoms with Gasteiger partial charge in [-0.1, -0.05) is 30.3 Å². The molecule has 0 spiro atoms. The minimum absolute atomic E-state index is 0.0282. The highest BCUT2D eigenvalue weighted by Crippen LogP contribution is 2.30. The van der Waals surface area contributed by atoms with Gasteiger partial charge in [-0.25, -0.2) is 0 Å². The highest BCUT2D eigenvalue weighted by atomic mass is 16.6. The number of likely N-dealkylation sites (N-methyl/N-ethyl adjacent to an activating group) is 1. The van der Waals surface area contributed by atoms with Crippen LogP contribution < -0.4 is 10.2 Å². The van der Waals surface area contributed by atoms with Crippen LogP contribution in [0.2, 0.25) is 0 Å². The normalized spacial score (nSPS) is 16.0. The van der Waals surface area contributed by atoms with Gasteiger partial charge in [0.1, 0.15) is 5.69 Å². The minimum atomic E-state index is -0.412. The van der Waals surface area contributed by atoms with E-state index in [1.807, 2.05) is 49.2 Å². The molecule has 142 valence electrons. The number of anilines is 1. The third-order valence-electron chi connectivity index (χ3n) is 4.93. The Balaban J connectivity index is 1.79. The molecule has 1 saturated heterocycles. The second-order valence-corrected chi connectivity index (χ2v) is 6.86. The SMILES string of the molecule is C[C@H](NC(=O)c1ccc(N2CCN(C)CC2)c([N+](=O)[O-])c1)c1ccccc1. The monoisotopic (exact) mass is 368 g/mol. The molecule has 1 N–H and O–H groups in total. The topological polar surface area (TPSA) is 78.7 Å². The summed E-state index contributed by atoms with van der Waals surface area (Å²) < 4.78 is 0. The van der Waals surface area contributed by atoms with Crippen molar-refractivity contribution in [1.82, 2.24) is 10.2 Å². The molecule has 27 heavy (non-hydrogen) atoms. The second kappa shape index (κ2) is 8.18. The quantitative estimate of drug-likeness (QED) is 0.648. The third-order valence-corrected chi connectivity index (χ3v) is 4.93. The van der Waals surface area contributed by atoms with E-state index in [0.29, 0.717) is 11.3 Å². The van der Waals surface area contributed by atoms with Crippen LogP contribution in [0.15, 0.2) is 48.5 Å². The number of nitro benzene ring substituents is 1. The highest BCUT2D eigenvalue weighted by molar-refractivity contribution is 5.96. The summed E-state index contributed by atoms with van der Waals surface area (Å²) >= 11 is 0. The summed E-state index contributed by atoms with van der Waals surface area (Å²) in [6.45, 7) is 5.06. The Bertz CT molecular complexity index is 817. The van der Waals surface area contributed by atoms with Crippen molar-refractivity contribution in [3.8, 4) is 0 Å². The van der Waals surface area contributed by atoms with Crippen molar-refractivity contribution in [2.24, 2.45) is 0 Å². The summed E-state index contributed by atoms with van der Waals surface area (Å²) in [7, 11) is 2.03. The zero-order chi connectivity index (χ0) is 19.4. The van der Waals surface area contributed by atoms with Crippen molar-refractivity contribution in [1.29, 1.82) is 0 Å². The van der Waals surface area contributed by atoms with Crippen molar-refractivity contribution in [3.05, 3.63) is 69.8 Å². The molecule has 0 unspecified atom stereocenters.